The summed E-state index contributed by atoms with van der Waals surface area (Å²) in [6, 6.07) is 4.08. The van der Waals surface area contributed by atoms with Crippen molar-refractivity contribution in [3.8, 4) is 6.07 Å². The predicted molar refractivity (Wildman–Crippen MR) is 77.1 cm³/mol. The van der Waals surface area contributed by atoms with E-state index in [4.69, 9.17) is 0 Å². The molecular weight excluding hydrogens is 276 g/mol. The van der Waals surface area contributed by atoms with Crippen LogP contribution in [0.15, 0.2) is 6.07 Å². The third kappa shape index (κ3) is 2.92. The molecule has 20 heavy (non-hydrogen) atoms. The number of nitriles is 1. The van der Waals surface area contributed by atoms with Crippen molar-refractivity contribution < 1.29 is 8.42 Å². The first-order valence-corrected chi connectivity index (χ1v) is 8.26. The quantitative estimate of drug-likeness (QED) is 0.800. The van der Waals surface area contributed by atoms with E-state index >= 15 is 0 Å². The standard InChI is InChI=1S/C13H18N4O2S/c1-10-8-11(2)15-13(12(10)9-14)16-4-6-17(7-5-16)20(3,18)19/h8H,4-7H2,1-3H3. The molecule has 7 heteroatoms. The third-order valence-corrected chi connectivity index (χ3v) is 4.75. The number of pyridine rings is 1. The van der Waals surface area contributed by atoms with Crippen molar-refractivity contribution in [1.29, 1.82) is 5.26 Å². The number of sulfonamides is 1. The molecule has 108 valence electrons. The van der Waals surface area contributed by atoms with Crippen molar-refractivity contribution in [3.05, 3.63) is 22.9 Å². The first kappa shape index (κ1) is 14.8. The number of hydrogen-bond donors (Lipinski definition) is 0. The van der Waals surface area contributed by atoms with Crippen LogP contribution in [0, 0.1) is 25.2 Å². The number of nitrogens with zero attached hydrogens (tertiary/aromatic N) is 4. The summed E-state index contributed by atoms with van der Waals surface area (Å²) < 4.78 is 24.5. The zero-order valence-corrected chi connectivity index (χ0v) is 12.7. The molecule has 1 saturated heterocycles. The van der Waals surface area contributed by atoms with Gasteiger partial charge in [0, 0.05) is 31.9 Å². The minimum absolute atomic E-state index is 0.429. The van der Waals surface area contributed by atoms with Gasteiger partial charge in [0.05, 0.1) is 11.8 Å². The fourth-order valence-corrected chi connectivity index (χ4v) is 3.24. The maximum Gasteiger partial charge on any atom is 0.211 e. The minimum Gasteiger partial charge on any atom is -0.353 e. The van der Waals surface area contributed by atoms with Crippen LogP contribution in [0.3, 0.4) is 0 Å². The summed E-state index contributed by atoms with van der Waals surface area (Å²) in [4.78, 5) is 6.44. The van der Waals surface area contributed by atoms with Gasteiger partial charge in [-0.25, -0.2) is 13.4 Å². The molecule has 1 aromatic heterocycles. The highest BCUT2D eigenvalue weighted by molar-refractivity contribution is 7.88. The highest BCUT2D eigenvalue weighted by Gasteiger charge is 2.25. The molecule has 0 bridgehead atoms. The van der Waals surface area contributed by atoms with Gasteiger partial charge in [0.15, 0.2) is 0 Å². The lowest BCUT2D eigenvalue weighted by Gasteiger charge is -2.34. The molecule has 1 aliphatic rings. The summed E-state index contributed by atoms with van der Waals surface area (Å²) >= 11 is 0. The lowest BCUT2D eigenvalue weighted by Crippen LogP contribution is -2.48. The van der Waals surface area contributed by atoms with E-state index in [-0.39, 0.29) is 0 Å². The maximum absolute atomic E-state index is 11.5. The smallest absolute Gasteiger partial charge is 0.211 e. The molecule has 0 atom stereocenters. The molecule has 2 heterocycles. The van der Waals surface area contributed by atoms with Crippen LogP contribution >= 0.6 is 0 Å². The van der Waals surface area contributed by atoms with Crippen molar-refractivity contribution in [2.75, 3.05) is 37.3 Å². The lowest BCUT2D eigenvalue weighted by atomic mass is 10.1. The number of aryl methyl sites for hydroxylation is 2. The second kappa shape index (κ2) is 5.38. The van der Waals surface area contributed by atoms with Crippen LogP contribution < -0.4 is 4.90 Å². The zero-order chi connectivity index (χ0) is 14.9. The van der Waals surface area contributed by atoms with E-state index in [0.29, 0.717) is 37.6 Å². The Bertz CT molecular complexity index is 656. The Kier molecular flexibility index (Phi) is 3.97. The van der Waals surface area contributed by atoms with Gasteiger partial charge in [-0.15, -0.1) is 0 Å². The molecule has 0 N–H and O–H groups in total. The first-order chi connectivity index (χ1) is 9.32. The lowest BCUT2D eigenvalue weighted by molar-refractivity contribution is 0.387. The van der Waals surface area contributed by atoms with Crippen LogP contribution in [0.2, 0.25) is 0 Å². The van der Waals surface area contributed by atoms with Crippen LogP contribution in [0.1, 0.15) is 16.8 Å². The number of hydrogen-bond acceptors (Lipinski definition) is 5. The van der Waals surface area contributed by atoms with E-state index in [1.54, 1.807) is 0 Å². The van der Waals surface area contributed by atoms with Gasteiger partial charge in [0.25, 0.3) is 0 Å². The monoisotopic (exact) mass is 294 g/mol. The van der Waals surface area contributed by atoms with Crippen molar-refractivity contribution in [3.63, 3.8) is 0 Å². The summed E-state index contributed by atoms with van der Waals surface area (Å²) in [6.07, 6.45) is 1.22. The van der Waals surface area contributed by atoms with Crippen molar-refractivity contribution >= 4 is 15.8 Å². The highest BCUT2D eigenvalue weighted by Crippen LogP contribution is 2.23. The Hall–Kier alpha value is -1.65. The van der Waals surface area contributed by atoms with Gasteiger partial charge in [-0.1, -0.05) is 0 Å². The van der Waals surface area contributed by atoms with E-state index in [1.165, 1.54) is 10.6 Å². The van der Waals surface area contributed by atoms with Crippen LogP contribution in [-0.2, 0) is 10.0 Å². The van der Waals surface area contributed by atoms with Gasteiger partial charge < -0.3 is 4.90 Å². The van der Waals surface area contributed by atoms with Crippen LogP contribution in [0.4, 0.5) is 5.82 Å². The molecule has 0 saturated carbocycles. The summed E-state index contributed by atoms with van der Waals surface area (Å²) in [7, 11) is -3.14. The maximum atomic E-state index is 11.5. The largest absolute Gasteiger partial charge is 0.353 e. The molecule has 0 spiro atoms. The minimum atomic E-state index is -3.14. The second-order valence-corrected chi connectivity index (χ2v) is 7.02. The Morgan fingerprint density at radius 1 is 1.25 bits per heavy atom. The Balaban J connectivity index is 2.26. The fraction of sp³-hybridized carbons (Fsp3) is 0.538. The molecule has 0 amide bonds. The third-order valence-electron chi connectivity index (χ3n) is 3.44. The molecule has 6 nitrogen and oxygen atoms in total. The van der Waals surface area contributed by atoms with E-state index < -0.39 is 10.0 Å². The fourth-order valence-electron chi connectivity index (χ4n) is 2.42. The average Bonchev–Trinajstić information content (AvgIpc) is 2.37. The van der Waals surface area contributed by atoms with Crippen molar-refractivity contribution in [2.45, 2.75) is 13.8 Å². The zero-order valence-electron chi connectivity index (χ0n) is 11.9. The number of aromatic nitrogens is 1. The number of anilines is 1. The normalized spacial score (nSPS) is 17.0. The van der Waals surface area contributed by atoms with E-state index in [9.17, 15) is 13.7 Å². The number of piperazine rings is 1. The van der Waals surface area contributed by atoms with Crippen molar-refractivity contribution in [2.24, 2.45) is 0 Å². The van der Waals surface area contributed by atoms with Gasteiger partial charge in [-0.3, -0.25) is 0 Å². The van der Waals surface area contributed by atoms with Crippen LogP contribution in [0.5, 0.6) is 0 Å². The number of rotatable bonds is 2. The van der Waals surface area contributed by atoms with Crippen molar-refractivity contribution in [1.82, 2.24) is 9.29 Å². The Morgan fingerprint density at radius 2 is 1.85 bits per heavy atom. The van der Waals surface area contributed by atoms with E-state index in [2.05, 4.69) is 11.1 Å². The molecule has 0 unspecified atom stereocenters. The van der Waals surface area contributed by atoms with E-state index in [0.717, 1.165) is 11.3 Å². The summed E-state index contributed by atoms with van der Waals surface area (Å²) in [5.74, 6) is 0.665. The first-order valence-electron chi connectivity index (χ1n) is 6.41. The topological polar surface area (TPSA) is 77.3 Å². The summed E-state index contributed by atoms with van der Waals surface area (Å²) in [5.41, 5.74) is 2.34. The van der Waals surface area contributed by atoms with Crippen LogP contribution in [0.25, 0.3) is 0 Å². The highest BCUT2D eigenvalue weighted by atomic mass is 32.2. The van der Waals surface area contributed by atoms with Gasteiger partial charge >= 0.3 is 0 Å². The molecule has 0 radical (unpaired) electrons. The van der Waals surface area contributed by atoms with E-state index in [1.807, 2.05) is 24.8 Å². The molecule has 1 aromatic rings. The Labute approximate surface area is 119 Å². The van der Waals surface area contributed by atoms with Gasteiger partial charge in [-0.2, -0.15) is 9.57 Å². The molecule has 0 aliphatic carbocycles. The summed E-state index contributed by atoms with van der Waals surface area (Å²) in [6.45, 7) is 5.75. The second-order valence-electron chi connectivity index (χ2n) is 5.04. The van der Waals surface area contributed by atoms with Gasteiger partial charge in [0.1, 0.15) is 11.9 Å². The van der Waals surface area contributed by atoms with Gasteiger partial charge in [0.2, 0.25) is 10.0 Å². The van der Waals surface area contributed by atoms with Gasteiger partial charge in [-0.05, 0) is 25.5 Å². The molecule has 2 rings (SSSR count). The summed E-state index contributed by atoms with van der Waals surface area (Å²) in [5, 5.41) is 9.28. The molecular formula is C13H18N4O2S. The molecule has 0 aromatic carbocycles. The molecule has 1 fully saturated rings. The van der Waals surface area contributed by atoms with Crippen LogP contribution in [-0.4, -0.2) is 50.1 Å². The SMILES string of the molecule is Cc1cc(C)c(C#N)c(N2CCN(S(C)(=O)=O)CC2)n1. The Morgan fingerprint density at radius 3 is 2.35 bits per heavy atom. The molecule has 1 aliphatic heterocycles. The predicted octanol–water partition coefficient (Wildman–Crippen LogP) is 0.652. The average molecular weight is 294 g/mol.